The zero-order valence-electron chi connectivity index (χ0n) is 27.9. The molecule has 0 spiro atoms. The standard InChI is InChI=1S/C31H56N6O7S/c1-7-8-9-10-11-14-23-19-31(23,28(40)41)34-27(39)24-15-12-17-36(24)26(38)20-32-29(42)33-25(30(4,5)6)21-35-16-13-18-37(22(2)3)45(35,43)44/h11,14,22-26,38H,7-10,12-13,15-21H2,1-6H3,(H,34,39)(H,40,41)(H2,32,33,42)/b14-11-/t23?,24-,25?,26?,31+/m0/s1. The number of carboxylic acids is 1. The number of hydrogen-bond acceptors (Lipinski definition) is 7. The van der Waals surface area contributed by atoms with Gasteiger partial charge in [-0.15, -0.1) is 0 Å². The van der Waals surface area contributed by atoms with Gasteiger partial charge in [-0.3, -0.25) is 9.69 Å². The Labute approximate surface area is 269 Å². The van der Waals surface area contributed by atoms with E-state index in [2.05, 4.69) is 22.9 Å². The van der Waals surface area contributed by atoms with E-state index < -0.39 is 57.4 Å². The summed E-state index contributed by atoms with van der Waals surface area (Å²) in [6.45, 7) is 12.8. The van der Waals surface area contributed by atoms with Crippen molar-refractivity contribution >= 4 is 28.1 Å². The number of carboxylic acid groups (broad SMARTS) is 1. The van der Waals surface area contributed by atoms with E-state index in [1.807, 2.05) is 46.8 Å². The molecular formula is C31H56N6O7S. The van der Waals surface area contributed by atoms with Crippen molar-refractivity contribution in [3.05, 3.63) is 12.2 Å². The van der Waals surface area contributed by atoms with E-state index in [0.29, 0.717) is 45.3 Å². The van der Waals surface area contributed by atoms with Gasteiger partial charge in [-0.25, -0.2) is 9.59 Å². The van der Waals surface area contributed by atoms with Gasteiger partial charge in [0.15, 0.2) is 0 Å². The number of rotatable bonds is 15. The normalized spacial score (nSPS) is 27.4. The highest BCUT2D eigenvalue weighted by atomic mass is 32.2. The molecular weight excluding hydrogens is 600 g/mol. The molecule has 2 heterocycles. The number of carbonyl (C=O) groups excluding carboxylic acids is 2. The van der Waals surface area contributed by atoms with Crippen LogP contribution >= 0.6 is 0 Å². The molecule has 2 aliphatic heterocycles. The number of allylic oxidation sites excluding steroid dienone is 1. The molecule has 3 fully saturated rings. The predicted molar refractivity (Wildman–Crippen MR) is 172 cm³/mol. The first-order valence-corrected chi connectivity index (χ1v) is 17.9. The Kier molecular flexibility index (Phi) is 12.9. The Morgan fingerprint density at radius 2 is 1.80 bits per heavy atom. The highest BCUT2D eigenvalue weighted by molar-refractivity contribution is 7.86. The molecule has 45 heavy (non-hydrogen) atoms. The van der Waals surface area contributed by atoms with Crippen LogP contribution in [0.15, 0.2) is 12.2 Å². The second-order valence-electron chi connectivity index (χ2n) is 14.1. The van der Waals surface area contributed by atoms with Gasteiger partial charge in [-0.2, -0.15) is 17.0 Å². The number of urea groups is 1. The fourth-order valence-electron chi connectivity index (χ4n) is 6.21. The number of hydrogen-bond donors (Lipinski definition) is 5. The number of unbranched alkanes of at least 4 members (excludes halogenated alkanes) is 3. The summed E-state index contributed by atoms with van der Waals surface area (Å²) in [7, 11) is -3.66. The van der Waals surface area contributed by atoms with E-state index in [-0.39, 0.29) is 25.0 Å². The van der Waals surface area contributed by atoms with E-state index in [1.54, 1.807) is 4.90 Å². The van der Waals surface area contributed by atoms with Crippen LogP contribution < -0.4 is 16.0 Å². The van der Waals surface area contributed by atoms with E-state index in [0.717, 1.165) is 25.7 Å². The molecule has 13 nitrogen and oxygen atoms in total. The molecule has 1 aliphatic carbocycles. The van der Waals surface area contributed by atoms with Crippen LogP contribution in [0.25, 0.3) is 0 Å². The average molecular weight is 657 g/mol. The van der Waals surface area contributed by atoms with Crippen LogP contribution in [0.2, 0.25) is 0 Å². The lowest BCUT2D eigenvalue weighted by atomic mass is 9.86. The van der Waals surface area contributed by atoms with E-state index in [1.165, 1.54) is 8.61 Å². The zero-order chi connectivity index (χ0) is 33.6. The summed E-state index contributed by atoms with van der Waals surface area (Å²) in [6.07, 6.45) is 8.99. The molecule has 3 rings (SSSR count). The molecule has 258 valence electrons. The van der Waals surface area contributed by atoms with Gasteiger partial charge in [0.1, 0.15) is 11.8 Å². The Morgan fingerprint density at radius 1 is 1.09 bits per heavy atom. The summed E-state index contributed by atoms with van der Waals surface area (Å²) >= 11 is 0. The number of nitrogens with zero attached hydrogens (tertiary/aromatic N) is 3. The quantitative estimate of drug-likeness (QED) is 0.132. The third-order valence-electron chi connectivity index (χ3n) is 9.23. The van der Waals surface area contributed by atoms with Gasteiger partial charge >= 0.3 is 12.0 Å². The largest absolute Gasteiger partial charge is 0.479 e. The van der Waals surface area contributed by atoms with Gasteiger partial charge in [0.25, 0.3) is 10.2 Å². The lowest BCUT2D eigenvalue weighted by molar-refractivity contribution is -0.145. The minimum atomic E-state index is -3.66. The Bertz CT molecular complexity index is 1170. The monoisotopic (exact) mass is 656 g/mol. The molecule has 0 radical (unpaired) electrons. The highest BCUT2D eigenvalue weighted by Gasteiger charge is 2.61. The van der Waals surface area contributed by atoms with Crippen LogP contribution in [-0.2, 0) is 19.8 Å². The number of aliphatic hydroxyl groups excluding tert-OH is 1. The fourth-order valence-corrected chi connectivity index (χ4v) is 8.10. The first-order valence-electron chi connectivity index (χ1n) is 16.5. The third kappa shape index (κ3) is 9.40. The van der Waals surface area contributed by atoms with E-state index in [4.69, 9.17) is 0 Å². The van der Waals surface area contributed by atoms with Crippen molar-refractivity contribution in [1.82, 2.24) is 29.5 Å². The summed E-state index contributed by atoms with van der Waals surface area (Å²) in [5.74, 6) is -1.77. The van der Waals surface area contributed by atoms with E-state index in [9.17, 15) is 33.0 Å². The highest BCUT2D eigenvalue weighted by Crippen LogP contribution is 2.45. The number of aliphatic hydroxyl groups is 1. The second kappa shape index (κ2) is 15.6. The number of aliphatic carboxylic acids is 1. The van der Waals surface area contributed by atoms with Gasteiger partial charge in [0.2, 0.25) is 5.91 Å². The second-order valence-corrected chi connectivity index (χ2v) is 16.0. The lowest BCUT2D eigenvalue weighted by Gasteiger charge is -2.41. The maximum atomic E-state index is 13.3. The van der Waals surface area contributed by atoms with Crippen LogP contribution in [-0.4, -0.2) is 113 Å². The topological polar surface area (TPSA) is 172 Å². The fraction of sp³-hybridized carbons (Fsp3) is 0.839. The average Bonchev–Trinajstić information content (AvgIpc) is 3.41. The van der Waals surface area contributed by atoms with Crippen LogP contribution in [0.1, 0.15) is 92.9 Å². The first-order chi connectivity index (χ1) is 21.0. The van der Waals surface area contributed by atoms with Crippen LogP contribution in [0.5, 0.6) is 0 Å². The first kappa shape index (κ1) is 37.2. The molecule has 5 N–H and O–H groups in total. The molecule has 1 saturated carbocycles. The van der Waals surface area contributed by atoms with Crippen molar-refractivity contribution in [3.63, 3.8) is 0 Å². The van der Waals surface area contributed by atoms with Gasteiger partial charge in [0, 0.05) is 44.2 Å². The molecule has 3 unspecified atom stereocenters. The van der Waals surface area contributed by atoms with Crippen molar-refractivity contribution in [2.45, 2.75) is 123 Å². The lowest BCUT2D eigenvalue weighted by Crippen LogP contribution is -2.59. The van der Waals surface area contributed by atoms with Crippen LogP contribution in [0.4, 0.5) is 4.79 Å². The Hall–Kier alpha value is -2.26. The van der Waals surface area contributed by atoms with Crippen molar-refractivity contribution < 1.29 is 33.0 Å². The minimum absolute atomic E-state index is 0.111. The molecule has 0 aromatic carbocycles. The molecule has 14 heteroatoms. The molecule has 5 atom stereocenters. The van der Waals surface area contributed by atoms with Gasteiger partial charge in [0.05, 0.1) is 12.6 Å². The maximum Gasteiger partial charge on any atom is 0.330 e. The number of likely N-dealkylation sites (tertiary alicyclic amines) is 1. The summed E-state index contributed by atoms with van der Waals surface area (Å²) in [6, 6.07) is -1.95. The summed E-state index contributed by atoms with van der Waals surface area (Å²) in [4.78, 5) is 40.0. The SMILES string of the molecule is CCCCC/C=C\C1C[C@]1(NC(=O)[C@@H]1CCCN1C(O)CNC(=O)NC(CN1CCCN(C(C)C)S1(=O)=O)C(C)(C)C)C(=O)O. The van der Waals surface area contributed by atoms with E-state index >= 15 is 0 Å². The van der Waals surface area contributed by atoms with Crippen molar-refractivity contribution in [3.8, 4) is 0 Å². The van der Waals surface area contributed by atoms with Crippen LogP contribution in [0.3, 0.4) is 0 Å². The zero-order valence-corrected chi connectivity index (χ0v) is 28.7. The number of amides is 3. The summed E-state index contributed by atoms with van der Waals surface area (Å²) < 4.78 is 29.3. The van der Waals surface area contributed by atoms with Gasteiger partial charge in [-0.05, 0) is 57.8 Å². The molecule has 0 aromatic heterocycles. The number of carbonyl (C=O) groups is 3. The molecule has 2 saturated heterocycles. The smallest absolute Gasteiger partial charge is 0.330 e. The Balaban J connectivity index is 1.55. The number of nitrogens with one attached hydrogen (secondary N) is 3. The molecule has 3 amide bonds. The molecule has 3 aliphatic rings. The maximum absolute atomic E-state index is 13.3. The Morgan fingerprint density at radius 3 is 2.42 bits per heavy atom. The third-order valence-corrected chi connectivity index (χ3v) is 11.4. The van der Waals surface area contributed by atoms with Crippen molar-refractivity contribution in [2.75, 3.05) is 32.7 Å². The summed E-state index contributed by atoms with van der Waals surface area (Å²) in [5, 5.41) is 29.2. The predicted octanol–water partition coefficient (Wildman–Crippen LogP) is 2.24. The van der Waals surface area contributed by atoms with Crippen molar-refractivity contribution in [2.24, 2.45) is 11.3 Å². The van der Waals surface area contributed by atoms with Crippen LogP contribution in [0, 0.1) is 11.3 Å². The molecule has 0 aromatic rings. The van der Waals surface area contributed by atoms with Crippen molar-refractivity contribution in [1.29, 1.82) is 0 Å². The summed E-state index contributed by atoms with van der Waals surface area (Å²) in [5.41, 5.74) is -1.79. The van der Waals surface area contributed by atoms with Gasteiger partial charge in [-0.1, -0.05) is 52.7 Å². The molecule has 0 bridgehead atoms. The minimum Gasteiger partial charge on any atom is -0.479 e. The van der Waals surface area contributed by atoms with Gasteiger partial charge < -0.3 is 26.2 Å².